The number of hydrogen-bond acceptors (Lipinski definition) is 3. The van der Waals surface area contributed by atoms with Gasteiger partial charge in [-0.2, -0.15) is 0 Å². The monoisotopic (exact) mass is 384 g/mol. The zero-order chi connectivity index (χ0) is 20.4. The Bertz CT molecular complexity index is 658. The highest BCUT2D eigenvalue weighted by Crippen LogP contribution is 2.63. The minimum atomic E-state index is -0.172. The molecule has 3 rings (SSSR count). The molecule has 1 N–H and O–H groups in total. The molecule has 3 nitrogen and oxygen atoms in total. The Kier molecular flexibility index (Phi) is 6.64. The number of hydrogen-bond donors (Lipinski definition) is 1. The van der Waals surface area contributed by atoms with Crippen molar-refractivity contribution in [2.75, 3.05) is 0 Å². The molecule has 1 aromatic rings. The highest BCUT2D eigenvalue weighted by molar-refractivity contribution is 5.91. The molecule has 28 heavy (non-hydrogen) atoms. The van der Waals surface area contributed by atoms with E-state index in [0.717, 1.165) is 36.8 Å². The van der Waals surface area contributed by atoms with Crippen LogP contribution in [0.1, 0.15) is 85.1 Å². The maximum Gasteiger partial charge on any atom is 0.156 e. The minimum Gasteiger partial charge on any atom is -0.303 e. The van der Waals surface area contributed by atoms with E-state index in [0.29, 0.717) is 11.7 Å². The van der Waals surface area contributed by atoms with Gasteiger partial charge in [-0.05, 0) is 60.5 Å². The number of nitrogens with zero attached hydrogens (tertiary/aromatic N) is 1. The van der Waals surface area contributed by atoms with E-state index in [9.17, 15) is 4.79 Å². The fourth-order valence-electron chi connectivity index (χ4n) is 6.18. The van der Waals surface area contributed by atoms with Gasteiger partial charge < -0.3 is 5.32 Å². The van der Waals surface area contributed by atoms with Gasteiger partial charge in [-0.25, -0.2) is 0 Å². The standard InChI is InChI=1S/C25H40N2O/c1-18(2)8-6-9-19(3)21-11-13-25(5)23(28)22(12-14-24(21,25)4)27-17-20-10-7-15-26-16-20/h7,10,15-16,18-19,21-22,27H,6,8-9,11-14,17H2,1-5H3/t19-,21-,22+,24-,25+/m1/s1. The van der Waals surface area contributed by atoms with Gasteiger partial charge in [-0.1, -0.05) is 59.9 Å². The van der Waals surface area contributed by atoms with Crippen LogP contribution in [0.2, 0.25) is 0 Å². The van der Waals surface area contributed by atoms with Gasteiger partial charge in [0, 0.05) is 24.4 Å². The Balaban J connectivity index is 1.64. The maximum absolute atomic E-state index is 13.5. The Morgan fingerprint density at radius 1 is 1.18 bits per heavy atom. The Hall–Kier alpha value is -1.22. The summed E-state index contributed by atoms with van der Waals surface area (Å²) in [7, 11) is 0. The molecular formula is C25H40N2O. The predicted octanol–water partition coefficient (Wildman–Crippen LogP) is 5.79. The van der Waals surface area contributed by atoms with Crippen molar-refractivity contribution in [3.05, 3.63) is 30.1 Å². The lowest BCUT2D eigenvalue weighted by molar-refractivity contribution is -0.143. The van der Waals surface area contributed by atoms with Crippen molar-refractivity contribution in [3.63, 3.8) is 0 Å². The van der Waals surface area contributed by atoms with Crippen molar-refractivity contribution >= 4 is 5.78 Å². The zero-order valence-corrected chi connectivity index (χ0v) is 18.6. The second kappa shape index (κ2) is 8.65. The van der Waals surface area contributed by atoms with Crippen LogP contribution < -0.4 is 5.32 Å². The van der Waals surface area contributed by atoms with Gasteiger partial charge in [-0.3, -0.25) is 9.78 Å². The fourth-order valence-corrected chi connectivity index (χ4v) is 6.18. The first kappa shape index (κ1) is 21.5. The summed E-state index contributed by atoms with van der Waals surface area (Å²) in [4.78, 5) is 17.7. The number of Topliss-reactive ketones (excluding diaryl/α,β-unsaturated/α-hetero) is 1. The van der Waals surface area contributed by atoms with E-state index in [1.165, 1.54) is 32.1 Å². The molecule has 3 heteroatoms. The van der Waals surface area contributed by atoms with E-state index in [-0.39, 0.29) is 16.9 Å². The van der Waals surface area contributed by atoms with Gasteiger partial charge in [0.2, 0.25) is 0 Å². The first-order chi connectivity index (χ1) is 13.3. The number of aromatic nitrogens is 1. The van der Waals surface area contributed by atoms with Gasteiger partial charge in [0.1, 0.15) is 0 Å². The van der Waals surface area contributed by atoms with Gasteiger partial charge in [0.05, 0.1) is 6.04 Å². The van der Waals surface area contributed by atoms with Crippen LogP contribution in [0.25, 0.3) is 0 Å². The number of nitrogens with one attached hydrogen (secondary N) is 1. The van der Waals surface area contributed by atoms with Crippen LogP contribution in [0, 0.1) is 28.6 Å². The number of carbonyl (C=O) groups is 1. The molecule has 5 atom stereocenters. The van der Waals surface area contributed by atoms with E-state index in [2.05, 4.69) is 51.0 Å². The predicted molar refractivity (Wildman–Crippen MR) is 116 cm³/mol. The third-order valence-corrected chi connectivity index (χ3v) is 8.25. The third kappa shape index (κ3) is 4.06. The number of fused-ring (bicyclic) bond motifs is 1. The largest absolute Gasteiger partial charge is 0.303 e. The lowest BCUT2D eigenvalue weighted by atomic mass is 9.53. The summed E-state index contributed by atoms with van der Waals surface area (Å²) in [5.74, 6) is 2.66. The van der Waals surface area contributed by atoms with Gasteiger partial charge in [-0.15, -0.1) is 0 Å². The average molecular weight is 385 g/mol. The molecule has 2 fully saturated rings. The van der Waals surface area contributed by atoms with Crippen molar-refractivity contribution in [2.45, 2.75) is 92.2 Å². The van der Waals surface area contributed by atoms with Crippen LogP contribution in [-0.2, 0) is 11.3 Å². The van der Waals surface area contributed by atoms with Crippen LogP contribution in [0.4, 0.5) is 0 Å². The second-order valence-electron chi connectivity index (χ2n) is 10.4. The topological polar surface area (TPSA) is 42.0 Å². The van der Waals surface area contributed by atoms with Crippen LogP contribution in [-0.4, -0.2) is 16.8 Å². The number of pyridine rings is 1. The average Bonchev–Trinajstić information content (AvgIpc) is 2.95. The zero-order valence-electron chi connectivity index (χ0n) is 18.6. The molecule has 0 aliphatic heterocycles. The molecular weight excluding hydrogens is 344 g/mol. The van der Waals surface area contributed by atoms with Crippen molar-refractivity contribution in [1.29, 1.82) is 0 Å². The summed E-state index contributed by atoms with van der Waals surface area (Å²) >= 11 is 0. The number of ketones is 1. The maximum atomic E-state index is 13.5. The molecule has 0 amide bonds. The molecule has 156 valence electrons. The summed E-state index contributed by atoms with van der Waals surface area (Å²) in [6.45, 7) is 12.5. The first-order valence-corrected chi connectivity index (χ1v) is 11.4. The smallest absolute Gasteiger partial charge is 0.156 e. The van der Waals surface area contributed by atoms with Crippen LogP contribution in [0.3, 0.4) is 0 Å². The summed E-state index contributed by atoms with van der Waals surface area (Å²) in [5, 5.41) is 3.54. The van der Waals surface area contributed by atoms with Crippen LogP contribution >= 0.6 is 0 Å². The molecule has 1 heterocycles. The summed E-state index contributed by atoms with van der Waals surface area (Å²) in [6, 6.07) is 4.03. The molecule has 2 saturated carbocycles. The molecule has 0 spiro atoms. The second-order valence-corrected chi connectivity index (χ2v) is 10.4. The third-order valence-electron chi connectivity index (χ3n) is 8.25. The Labute approximate surface area is 172 Å². The molecule has 0 bridgehead atoms. The highest BCUT2D eigenvalue weighted by Gasteiger charge is 2.62. The van der Waals surface area contributed by atoms with E-state index in [1.807, 2.05) is 12.3 Å². The number of carbonyl (C=O) groups excluding carboxylic acids is 1. The molecule has 2 aliphatic carbocycles. The van der Waals surface area contributed by atoms with E-state index in [4.69, 9.17) is 0 Å². The van der Waals surface area contributed by atoms with Crippen molar-refractivity contribution < 1.29 is 4.79 Å². The molecule has 0 saturated heterocycles. The van der Waals surface area contributed by atoms with Crippen molar-refractivity contribution in [2.24, 2.45) is 28.6 Å². The fraction of sp³-hybridized carbons (Fsp3) is 0.760. The lowest BCUT2D eigenvalue weighted by Crippen LogP contribution is -2.56. The van der Waals surface area contributed by atoms with Crippen LogP contribution in [0.15, 0.2) is 24.5 Å². The Morgan fingerprint density at radius 3 is 2.64 bits per heavy atom. The van der Waals surface area contributed by atoms with Gasteiger partial charge in [0.15, 0.2) is 5.78 Å². The summed E-state index contributed by atoms with van der Waals surface area (Å²) < 4.78 is 0. The highest BCUT2D eigenvalue weighted by atomic mass is 16.1. The molecule has 0 aromatic carbocycles. The SMILES string of the molecule is CC(C)CCC[C@@H](C)[C@H]1CC[C@@]2(C)C(=O)[C@@H](NCc3cccnc3)CC[C@]12C. The van der Waals surface area contributed by atoms with E-state index in [1.54, 1.807) is 6.20 Å². The molecule has 1 aromatic heterocycles. The van der Waals surface area contributed by atoms with Crippen molar-refractivity contribution in [3.8, 4) is 0 Å². The Morgan fingerprint density at radius 2 is 1.96 bits per heavy atom. The van der Waals surface area contributed by atoms with E-state index < -0.39 is 0 Å². The lowest BCUT2D eigenvalue weighted by Gasteiger charge is -2.51. The quantitative estimate of drug-likeness (QED) is 0.617. The minimum absolute atomic E-state index is 0.00622. The van der Waals surface area contributed by atoms with E-state index >= 15 is 0 Å². The normalized spacial score (nSPS) is 33.9. The molecule has 0 radical (unpaired) electrons. The van der Waals surface area contributed by atoms with Crippen LogP contribution in [0.5, 0.6) is 0 Å². The number of rotatable bonds is 8. The molecule has 2 aliphatic rings. The summed E-state index contributed by atoms with van der Waals surface area (Å²) in [6.07, 6.45) is 12.1. The van der Waals surface area contributed by atoms with Crippen molar-refractivity contribution in [1.82, 2.24) is 10.3 Å². The van der Waals surface area contributed by atoms with Gasteiger partial charge >= 0.3 is 0 Å². The summed E-state index contributed by atoms with van der Waals surface area (Å²) in [5.41, 5.74) is 1.14. The molecule has 0 unspecified atom stereocenters. The van der Waals surface area contributed by atoms with Gasteiger partial charge in [0.25, 0.3) is 0 Å². The first-order valence-electron chi connectivity index (χ1n) is 11.4.